The lowest BCUT2D eigenvalue weighted by molar-refractivity contribution is 0.660. The van der Waals surface area contributed by atoms with Crippen LogP contribution < -0.4 is 4.90 Å². The van der Waals surface area contributed by atoms with Crippen molar-refractivity contribution in [3.05, 3.63) is 313 Å². The van der Waals surface area contributed by atoms with E-state index in [0.717, 1.165) is 133 Å². The van der Waals surface area contributed by atoms with Gasteiger partial charge in [0.1, 0.15) is 33.4 Å². The highest BCUT2D eigenvalue weighted by Gasteiger charge is 2.37. The van der Waals surface area contributed by atoms with Gasteiger partial charge in [0.15, 0.2) is 0 Å². The average molecular weight is 1260 g/mol. The number of hydrogen-bond donors (Lipinski definition) is 0. The molecule has 0 bridgehead atoms. The summed E-state index contributed by atoms with van der Waals surface area (Å²) in [5.74, 6) is 0. The molecule has 97 heavy (non-hydrogen) atoms. The zero-order chi connectivity index (χ0) is 64.4. The summed E-state index contributed by atoms with van der Waals surface area (Å²) in [7, 11) is 0. The molecule has 0 spiro atoms. The van der Waals surface area contributed by atoms with Gasteiger partial charge in [0, 0.05) is 65.8 Å². The molecule has 0 aliphatic heterocycles. The minimum Gasteiger partial charge on any atom is -0.456 e. The standard InChI is InChI=1S/C90H60N4O2S/c1-89(2)76-17-9-5-13-66(76)68-39-27-58(49-78(68)89)53-21-33-62(34-22-53)93(63-35-23-54(24-36-63)59-28-40-69-67-14-6-10-18-77(67)90(3,4)79(69)50-59)82-46-43-65(87-88(82)92-97-91-87)55-25-37-64(38-26-55)94-80-44-31-56(60-29-41-72-70-15-7-11-19-83(70)95-85(72)51-60)47-74(80)75-48-57(32-45-81(75)94)61-30-42-73-71-16-8-12-20-84(71)96-86(73)52-61/h5-52H,1-4H3. The average Bonchev–Trinajstić information content (AvgIpc) is 1.62. The fourth-order valence-electron chi connectivity index (χ4n) is 16.3. The summed E-state index contributed by atoms with van der Waals surface area (Å²) in [4.78, 5) is 2.35. The number of nitrogens with zero attached hydrogens (tertiary/aromatic N) is 4. The second kappa shape index (κ2) is 20.8. The van der Waals surface area contributed by atoms with Crippen molar-refractivity contribution in [3.8, 4) is 83.6 Å². The Morgan fingerprint density at radius 3 is 1.22 bits per heavy atom. The third-order valence-electron chi connectivity index (χ3n) is 21.3. The van der Waals surface area contributed by atoms with Gasteiger partial charge < -0.3 is 18.3 Å². The molecule has 0 saturated carbocycles. The molecule has 4 aromatic heterocycles. The third kappa shape index (κ3) is 8.44. The van der Waals surface area contributed by atoms with Crippen LogP contribution in [0.5, 0.6) is 0 Å². The van der Waals surface area contributed by atoms with Gasteiger partial charge in [-0.05, 0) is 216 Å². The zero-order valence-electron chi connectivity index (χ0n) is 53.7. The minimum absolute atomic E-state index is 0.0968. The van der Waals surface area contributed by atoms with E-state index in [0.29, 0.717) is 0 Å². The predicted molar refractivity (Wildman–Crippen MR) is 403 cm³/mol. The minimum atomic E-state index is -0.0968. The van der Waals surface area contributed by atoms with Crippen LogP contribution in [0.25, 0.3) is 160 Å². The molecule has 0 unspecified atom stereocenters. The third-order valence-corrected chi connectivity index (χ3v) is 21.9. The highest BCUT2D eigenvalue weighted by molar-refractivity contribution is 7.00. The number of furan rings is 2. The van der Waals surface area contributed by atoms with Crippen molar-refractivity contribution < 1.29 is 8.83 Å². The highest BCUT2D eigenvalue weighted by Crippen LogP contribution is 2.52. The molecule has 2 aliphatic carbocycles. The molecule has 20 rings (SSSR count). The van der Waals surface area contributed by atoms with Gasteiger partial charge in [0.05, 0.1) is 28.4 Å². The van der Waals surface area contributed by atoms with Crippen LogP contribution in [-0.4, -0.2) is 13.3 Å². The van der Waals surface area contributed by atoms with Gasteiger partial charge in [-0.2, -0.15) is 8.75 Å². The number of aromatic nitrogens is 3. The van der Waals surface area contributed by atoms with Crippen LogP contribution in [0.15, 0.2) is 300 Å². The fourth-order valence-corrected chi connectivity index (χ4v) is 16.9. The maximum absolute atomic E-state index is 6.42. The van der Waals surface area contributed by atoms with E-state index in [9.17, 15) is 0 Å². The molecular weight excluding hydrogens is 1200 g/mol. The van der Waals surface area contributed by atoms with Crippen LogP contribution in [0.1, 0.15) is 49.9 Å². The van der Waals surface area contributed by atoms with Crippen molar-refractivity contribution >= 4 is 106 Å². The first kappa shape index (κ1) is 55.5. The number of hydrogen-bond acceptors (Lipinski definition) is 6. The van der Waals surface area contributed by atoms with Crippen LogP contribution in [0.3, 0.4) is 0 Å². The lowest BCUT2D eigenvalue weighted by atomic mass is 9.81. The van der Waals surface area contributed by atoms with E-state index in [1.54, 1.807) is 0 Å². The summed E-state index contributed by atoms with van der Waals surface area (Å²) in [6.07, 6.45) is 0. The lowest BCUT2D eigenvalue weighted by Gasteiger charge is -2.26. The van der Waals surface area contributed by atoms with E-state index in [4.69, 9.17) is 17.6 Å². The molecule has 0 N–H and O–H groups in total. The maximum Gasteiger partial charge on any atom is 0.136 e. The monoisotopic (exact) mass is 1260 g/mol. The fraction of sp³-hybridized carbons (Fsp3) is 0.0667. The molecule has 458 valence electrons. The van der Waals surface area contributed by atoms with Crippen LogP contribution in [0, 0.1) is 0 Å². The molecule has 0 fully saturated rings. The molecule has 4 heterocycles. The number of anilines is 3. The molecule has 18 aromatic rings. The smallest absolute Gasteiger partial charge is 0.136 e. The molecular formula is C90H60N4O2S. The van der Waals surface area contributed by atoms with Gasteiger partial charge in [-0.25, -0.2) is 0 Å². The summed E-state index contributed by atoms with van der Waals surface area (Å²) in [5, 5.41) is 6.79. The van der Waals surface area contributed by atoms with Gasteiger partial charge in [0.2, 0.25) is 0 Å². The number of rotatable bonds is 9. The van der Waals surface area contributed by atoms with Crippen LogP contribution >= 0.6 is 11.7 Å². The SMILES string of the molecule is CC1(C)c2ccccc2-c2ccc(-c3ccc(N(c4ccc(-c5ccc6c(c5)C(C)(C)c5ccccc5-6)cc4)c4ccc(-c5ccc(-n6c7ccc(-c8ccc9c(c8)oc8ccccc89)cc7c7cc(-c8ccc9c(c8)oc8ccccc89)ccc76)cc5)c5nsnc45)cc3)cc21. The first-order valence-electron chi connectivity index (χ1n) is 33.3. The van der Waals surface area contributed by atoms with E-state index >= 15 is 0 Å². The van der Waals surface area contributed by atoms with Gasteiger partial charge in [-0.15, -0.1) is 0 Å². The quantitative estimate of drug-likeness (QED) is 0.144. The lowest BCUT2D eigenvalue weighted by Crippen LogP contribution is -2.14. The van der Waals surface area contributed by atoms with Crippen molar-refractivity contribution in [2.45, 2.75) is 38.5 Å². The molecule has 0 radical (unpaired) electrons. The molecule has 6 nitrogen and oxygen atoms in total. The summed E-state index contributed by atoms with van der Waals surface area (Å²) in [6, 6.07) is 107. The Labute approximate surface area is 564 Å². The summed E-state index contributed by atoms with van der Waals surface area (Å²) >= 11 is 1.26. The second-order valence-electron chi connectivity index (χ2n) is 27.3. The van der Waals surface area contributed by atoms with Crippen LogP contribution in [0.4, 0.5) is 17.1 Å². The Kier molecular flexibility index (Phi) is 11.9. The Morgan fingerprint density at radius 1 is 0.299 bits per heavy atom. The van der Waals surface area contributed by atoms with Crippen LogP contribution in [0.2, 0.25) is 0 Å². The Bertz CT molecular complexity index is 6000. The second-order valence-corrected chi connectivity index (χ2v) is 27.9. The first-order chi connectivity index (χ1) is 47.6. The van der Waals surface area contributed by atoms with Crippen molar-refractivity contribution in [1.82, 2.24) is 13.3 Å². The topological polar surface area (TPSA) is 60.2 Å². The van der Waals surface area contributed by atoms with Gasteiger partial charge >= 0.3 is 0 Å². The van der Waals surface area contributed by atoms with E-state index in [2.05, 4.69) is 304 Å². The molecule has 0 amide bonds. The molecule has 2 aliphatic rings. The summed E-state index contributed by atoms with van der Waals surface area (Å²) < 4.78 is 25.5. The molecule has 7 heteroatoms. The summed E-state index contributed by atoms with van der Waals surface area (Å²) in [6.45, 7) is 9.39. The Balaban J connectivity index is 0.677. The van der Waals surface area contributed by atoms with Crippen molar-refractivity contribution in [2.24, 2.45) is 0 Å². The maximum atomic E-state index is 6.42. The van der Waals surface area contributed by atoms with Crippen molar-refractivity contribution in [3.63, 3.8) is 0 Å². The Hall–Kier alpha value is -11.9. The summed E-state index contributed by atoms with van der Waals surface area (Å²) in [5.41, 5.74) is 33.4. The zero-order valence-corrected chi connectivity index (χ0v) is 54.5. The predicted octanol–water partition coefficient (Wildman–Crippen LogP) is 25.0. The highest BCUT2D eigenvalue weighted by atomic mass is 32.1. The normalized spacial score (nSPS) is 13.5. The largest absolute Gasteiger partial charge is 0.456 e. The van der Waals surface area contributed by atoms with E-state index in [-0.39, 0.29) is 10.8 Å². The molecule has 0 atom stereocenters. The number of para-hydroxylation sites is 2. The van der Waals surface area contributed by atoms with E-state index in [1.165, 1.54) is 78.5 Å². The van der Waals surface area contributed by atoms with E-state index in [1.807, 2.05) is 24.3 Å². The number of fused-ring (bicyclic) bond motifs is 16. The molecule has 0 saturated heterocycles. The molecule has 14 aromatic carbocycles. The van der Waals surface area contributed by atoms with E-state index < -0.39 is 0 Å². The number of benzene rings is 14. The first-order valence-corrected chi connectivity index (χ1v) is 34.1. The van der Waals surface area contributed by atoms with Crippen LogP contribution in [-0.2, 0) is 10.8 Å². The Morgan fingerprint density at radius 2 is 0.691 bits per heavy atom. The van der Waals surface area contributed by atoms with Crippen molar-refractivity contribution in [2.75, 3.05) is 4.90 Å². The van der Waals surface area contributed by atoms with Gasteiger partial charge in [-0.1, -0.05) is 198 Å². The van der Waals surface area contributed by atoms with Gasteiger partial charge in [0.25, 0.3) is 0 Å². The van der Waals surface area contributed by atoms with Crippen molar-refractivity contribution in [1.29, 1.82) is 0 Å². The van der Waals surface area contributed by atoms with Gasteiger partial charge in [-0.3, -0.25) is 0 Å².